The fraction of sp³-hybridized carbons (Fsp3) is 0.643. The third-order valence-electron chi connectivity index (χ3n) is 2.43. The second-order valence-electron chi connectivity index (χ2n) is 4.55. The molecule has 0 heterocycles. The highest BCUT2D eigenvalue weighted by molar-refractivity contribution is 5.95. The molecule has 0 unspecified atom stereocenters. The molecule has 0 bridgehead atoms. The van der Waals surface area contributed by atoms with E-state index in [2.05, 4.69) is 18.4 Å². The van der Waals surface area contributed by atoms with Crippen molar-refractivity contribution in [2.45, 2.75) is 45.1 Å². The van der Waals surface area contributed by atoms with Crippen LogP contribution in [0.15, 0.2) is 12.2 Å². The van der Waals surface area contributed by atoms with Gasteiger partial charge in [-0.05, 0) is 25.8 Å². The summed E-state index contributed by atoms with van der Waals surface area (Å²) in [5, 5.41) is 0. The summed E-state index contributed by atoms with van der Waals surface area (Å²) in [6.45, 7) is 3.19. The zero-order valence-corrected chi connectivity index (χ0v) is 13.1. The van der Waals surface area contributed by atoms with Gasteiger partial charge in [0, 0.05) is 12.2 Å². The van der Waals surface area contributed by atoms with Gasteiger partial charge in [0.25, 0.3) is 0 Å². The summed E-state index contributed by atoms with van der Waals surface area (Å²) in [7, 11) is 0. The Hall–Kier alpha value is -1.93. The molecule has 2 amide bonds. The number of primary amides is 2. The summed E-state index contributed by atoms with van der Waals surface area (Å²) in [6, 6.07) is -0.474. The molecule has 0 aromatic rings. The van der Waals surface area contributed by atoms with Crippen molar-refractivity contribution in [3.63, 3.8) is 0 Å². The number of hydrogen-bond acceptors (Lipinski definition) is 6. The quantitative estimate of drug-likeness (QED) is 0.236. The number of hydrogen-bond donors (Lipinski definition) is 4. The predicted molar refractivity (Wildman–Crippen MR) is 84.3 cm³/mol. The minimum atomic E-state index is -0.677. The molecule has 0 fully saturated rings. The maximum atomic E-state index is 11.2. The van der Waals surface area contributed by atoms with Crippen molar-refractivity contribution in [2.75, 3.05) is 13.2 Å². The minimum Gasteiger partial charge on any atom is -0.465 e. The number of nitrogens with two attached hydrogens (primary N) is 4. The molecule has 8 heteroatoms. The molecule has 0 rings (SSSR count). The van der Waals surface area contributed by atoms with Crippen molar-refractivity contribution in [3.8, 4) is 0 Å². The Labute approximate surface area is 131 Å². The van der Waals surface area contributed by atoms with E-state index in [1.807, 2.05) is 0 Å². The summed E-state index contributed by atoms with van der Waals surface area (Å²) in [4.78, 5) is 30.9. The average molecular weight is 316 g/mol. The molecule has 0 aliphatic carbocycles. The summed E-state index contributed by atoms with van der Waals surface area (Å²) in [5.74, 6) is -1.64. The monoisotopic (exact) mass is 316 g/mol. The smallest absolute Gasteiger partial charge is 0.322 e. The first-order valence-corrected chi connectivity index (χ1v) is 7.24. The molecule has 22 heavy (non-hydrogen) atoms. The number of carbonyl (C=O) groups is 3. The summed E-state index contributed by atoms with van der Waals surface area (Å²) < 4.78 is 4.98. The number of amides is 2. The molecular formula is C14H28N4O4. The topological polar surface area (TPSA) is 165 Å². The van der Waals surface area contributed by atoms with Crippen LogP contribution in [0.2, 0.25) is 0 Å². The molecule has 0 saturated heterocycles. The largest absolute Gasteiger partial charge is 0.465 e. The Morgan fingerprint density at radius 1 is 1.05 bits per heavy atom. The van der Waals surface area contributed by atoms with Gasteiger partial charge in [-0.2, -0.15) is 0 Å². The highest BCUT2D eigenvalue weighted by Crippen LogP contribution is 2.00. The van der Waals surface area contributed by atoms with Gasteiger partial charge < -0.3 is 27.7 Å². The maximum absolute atomic E-state index is 11.2. The van der Waals surface area contributed by atoms with Crippen LogP contribution in [0, 0.1) is 0 Å². The molecule has 0 aliphatic rings. The lowest BCUT2D eigenvalue weighted by atomic mass is 10.1. The average Bonchev–Trinajstić information content (AvgIpc) is 2.46. The van der Waals surface area contributed by atoms with Gasteiger partial charge in [0.2, 0.25) is 11.8 Å². The Balaban J connectivity index is 0. The van der Waals surface area contributed by atoms with Crippen LogP contribution in [0.3, 0.4) is 0 Å². The Bertz CT molecular complexity index is 343. The van der Waals surface area contributed by atoms with E-state index >= 15 is 0 Å². The Kier molecular flexibility index (Phi) is 15.7. The van der Waals surface area contributed by atoms with Crippen molar-refractivity contribution in [2.24, 2.45) is 22.9 Å². The number of unbranched alkanes of at least 4 members (excludes halogenated alkanes) is 2. The zero-order valence-electron chi connectivity index (χ0n) is 13.1. The molecule has 0 aromatic heterocycles. The van der Waals surface area contributed by atoms with Gasteiger partial charge in [0.1, 0.15) is 6.04 Å². The summed E-state index contributed by atoms with van der Waals surface area (Å²) in [5.41, 5.74) is 20.2. The van der Waals surface area contributed by atoms with Crippen LogP contribution in [0.4, 0.5) is 0 Å². The first-order valence-electron chi connectivity index (χ1n) is 7.24. The lowest BCUT2D eigenvalue weighted by molar-refractivity contribution is -0.145. The van der Waals surface area contributed by atoms with Crippen molar-refractivity contribution in [1.29, 1.82) is 0 Å². The first-order chi connectivity index (χ1) is 10.3. The molecule has 0 spiro atoms. The first kappa shape index (κ1) is 22.4. The van der Waals surface area contributed by atoms with Gasteiger partial charge in [-0.25, -0.2) is 0 Å². The van der Waals surface area contributed by atoms with E-state index in [-0.39, 0.29) is 5.97 Å². The van der Waals surface area contributed by atoms with Gasteiger partial charge in [-0.15, -0.1) is 0 Å². The van der Waals surface area contributed by atoms with Crippen molar-refractivity contribution in [1.82, 2.24) is 0 Å². The highest BCUT2D eigenvalue weighted by atomic mass is 16.5. The lowest BCUT2D eigenvalue weighted by Gasteiger charge is -2.10. The second kappa shape index (κ2) is 15.5. The number of esters is 1. The molecular weight excluding hydrogens is 288 g/mol. The van der Waals surface area contributed by atoms with Crippen molar-refractivity contribution < 1.29 is 19.1 Å². The highest BCUT2D eigenvalue weighted by Gasteiger charge is 2.13. The van der Waals surface area contributed by atoms with Crippen LogP contribution < -0.4 is 22.9 Å². The Morgan fingerprint density at radius 2 is 1.59 bits per heavy atom. The normalized spacial score (nSPS) is 11.4. The van der Waals surface area contributed by atoms with E-state index in [0.29, 0.717) is 19.6 Å². The number of rotatable bonds is 10. The van der Waals surface area contributed by atoms with E-state index in [1.165, 1.54) is 0 Å². The van der Waals surface area contributed by atoms with Gasteiger partial charge in [-0.3, -0.25) is 14.4 Å². The molecule has 128 valence electrons. The van der Waals surface area contributed by atoms with Gasteiger partial charge >= 0.3 is 5.97 Å². The minimum absolute atomic E-state index is 0.282. The fourth-order valence-electron chi connectivity index (χ4n) is 1.21. The van der Waals surface area contributed by atoms with Crippen molar-refractivity contribution in [3.05, 3.63) is 12.2 Å². The summed E-state index contributed by atoms with van der Waals surface area (Å²) >= 11 is 0. The zero-order chi connectivity index (χ0) is 17.4. The molecule has 1 atom stereocenters. The van der Waals surface area contributed by atoms with E-state index < -0.39 is 17.9 Å². The van der Waals surface area contributed by atoms with Crippen LogP contribution >= 0.6 is 0 Å². The van der Waals surface area contributed by atoms with Crippen LogP contribution in [-0.2, 0) is 19.1 Å². The third-order valence-corrected chi connectivity index (χ3v) is 2.43. The lowest BCUT2D eigenvalue weighted by Crippen LogP contribution is -2.32. The maximum Gasteiger partial charge on any atom is 0.322 e. The molecule has 0 aromatic carbocycles. The fourth-order valence-corrected chi connectivity index (χ4v) is 1.21. The van der Waals surface area contributed by atoms with Gasteiger partial charge in [0.15, 0.2) is 0 Å². The second-order valence-corrected chi connectivity index (χ2v) is 4.55. The van der Waals surface area contributed by atoms with E-state index in [1.54, 1.807) is 0 Å². The Morgan fingerprint density at radius 3 is 2.00 bits per heavy atom. The van der Waals surface area contributed by atoms with Crippen molar-refractivity contribution >= 4 is 17.8 Å². The van der Waals surface area contributed by atoms with Crippen LogP contribution in [0.25, 0.3) is 0 Å². The third kappa shape index (κ3) is 18.1. The standard InChI is InChI=1S/C10H22N2O2.C4H6N2O2/c1-2-3-8-14-10(13)9(12)6-4-5-7-11;5-3(7)1-2-4(6)8/h9H,2-8,11-12H2,1H3;1-2H,(H2,5,7)(H2,6,8)/b;2-1+/t9-;/m0./s1. The van der Waals surface area contributed by atoms with Crippen LogP contribution in [0.1, 0.15) is 39.0 Å². The molecule has 0 aliphatic heterocycles. The number of carbonyl (C=O) groups excluding carboxylic acids is 3. The van der Waals surface area contributed by atoms with E-state index in [4.69, 9.17) is 16.2 Å². The number of ether oxygens (including phenoxy) is 1. The van der Waals surface area contributed by atoms with Crippen LogP contribution in [0.5, 0.6) is 0 Å². The van der Waals surface area contributed by atoms with Gasteiger partial charge in [-0.1, -0.05) is 19.8 Å². The molecule has 0 saturated carbocycles. The molecule has 8 nitrogen and oxygen atoms in total. The molecule has 0 radical (unpaired) electrons. The SMILES string of the molecule is CCCCOC(=O)[C@@H](N)CCCCN.NC(=O)/C=C/C(N)=O. The van der Waals surface area contributed by atoms with Crippen LogP contribution in [-0.4, -0.2) is 37.0 Å². The summed E-state index contributed by atoms with van der Waals surface area (Å²) in [6.07, 6.45) is 6.21. The predicted octanol–water partition coefficient (Wildman–Crippen LogP) is -0.701. The van der Waals surface area contributed by atoms with E-state index in [9.17, 15) is 14.4 Å². The van der Waals surface area contributed by atoms with Gasteiger partial charge in [0.05, 0.1) is 6.61 Å². The molecule has 8 N–H and O–H groups in total. The van der Waals surface area contributed by atoms with E-state index in [0.717, 1.165) is 37.8 Å².